The molecule has 21 heavy (non-hydrogen) atoms. The minimum Gasteiger partial charge on any atom is -0.361 e. The first kappa shape index (κ1) is 15.3. The Hall–Kier alpha value is -2.10. The summed E-state index contributed by atoms with van der Waals surface area (Å²) >= 11 is 0. The van der Waals surface area contributed by atoms with Gasteiger partial charge in [-0.3, -0.25) is 4.79 Å². The second-order valence-corrected chi connectivity index (χ2v) is 5.54. The topological polar surface area (TPSA) is 46.3 Å². The Morgan fingerprint density at radius 1 is 1.29 bits per heavy atom. The van der Waals surface area contributed by atoms with Gasteiger partial charge in [-0.15, -0.1) is 0 Å². The number of hydrogen-bond acceptors (Lipinski definition) is 3. The monoisotopic (exact) mass is 286 g/mol. The fourth-order valence-electron chi connectivity index (χ4n) is 2.37. The van der Waals surface area contributed by atoms with Gasteiger partial charge in [0.15, 0.2) is 0 Å². The molecule has 0 saturated carbocycles. The zero-order valence-corrected chi connectivity index (χ0v) is 12.9. The molecule has 1 aliphatic rings. The summed E-state index contributed by atoms with van der Waals surface area (Å²) in [5.41, 5.74) is 2.20. The molecule has 112 valence electrons. The van der Waals surface area contributed by atoms with E-state index < -0.39 is 0 Å². The van der Waals surface area contributed by atoms with E-state index in [1.165, 1.54) is 5.56 Å². The van der Waals surface area contributed by atoms with Crippen LogP contribution < -0.4 is 0 Å². The van der Waals surface area contributed by atoms with Crippen LogP contribution in [0.3, 0.4) is 0 Å². The molecule has 4 nitrogen and oxygen atoms in total. The highest BCUT2D eigenvalue weighted by atomic mass is 16.5. The highest BCUT2D eigenvalue weighted by Crippen LogP contribution is 2.21. The van der Waals surface area contributed by atoms with Crippen LogP contribution in [0.15, 0.2) is 40.9 Å². The van der Waals surface area contributed by atoms with E-state index in [-0.39, 0.29) is 11.8 Å². The molecule has 1 fully saturated rings. The Morgan fingerprint density at radius 3 is 2.43 bits per heavy atom. The normalized spacial score (nSPS) is 17.6. The van der Waals surface area contributed by atoms with Crippen molar-refractivity contribution < 1.29 is 9.32 Å². The Bertz CT molecular complexity index is 577. The van der Waals surface area contributed by atoms with E-state index in [9.17, 15) is 4.79 Å². The summed E-state index contributed by atoms with van der Waals surface area (Å²) in [6, 6.07) is 12.2. The average molecular weight is 286 g/mol. The molecule has 1 aromatic carbocycles. The fourth-order valence-corrected chi connectivity index (χ4v) is 2.37. The van der Waals surface area contributed by atoms with Crippen LogP contribution >= 0.6 is 0 Å². The number of hydrogen-bond donors (Lipinski definition) is 0. The van der Waals surface area contributed by atoms with Gasteiger partial charge >= 0.3 is 0 Å². The van der Waals surface area contributed by atoms with Crippen molar-refractivity contribution >= 4 is 5.91 Å². The molecular weight excluding hydrogens is 264 g/mol. The van der Waals surface area contributed by atoms with Crippen LogP contribution in [0.4, 0.5) is 0 Å². The number of rotatable bonds is 2. The van der Waals surface area contributed by atoms with Crippen molar-refractivity contribution in [1.82, 2.24) is 10.1 Å². The number of aryl methyl sites for hydroxylation is 2. The van der Waals surface area contributed by atoms with Gasteiger partial charge < -0.3 is 9.42 Å². The molecule has 2 aromatic rings. The summed E-state index contributed by atoms with van der Waals surface area (Å²) in [5.74, 6) is 1.13. The number of carbonyl (C=O) groups is 1. The molecule has 1 unspecified atom stereocenters. The zero-order chi connectivity index (χ0) is 15.2. The smallest absolute Gasteiger partial charge is 0.225 e. The molecule has 0 N–H and O–H groups in total. The molecule has 0 bridgehead atoms. The number of carbonyl (C=O) groups excluding carboxylic acids is 1. The fraction of sp³-hybridized carbons (Fsp3) is 0.412. The van der Waals surface area contributed by atoms with Gasteiger partial charge in [0.2, 0.25) is 5.91 Å². The van der Waals surface area contributed by atoms with Crippen LogP contribution in [-0.4, -0.2) is 29.6 Å². The van der Waals surface area contributed by atoms with E-state index in [1.807, 2.05) is 38.2 Å². The summed E-state index contributed by atoms with van der Waals surface area (Å²) in [5, 5.41) is 3.80. The number of amides is 1. The van der Waals surface area contributed by atoms with Crippen LogP contribution in [0.25, 0.3) is 0 Å². The summed E-state index contributed by atoms with van der Waals surface area (Å²) in [4.78, 5) is 13.4. The van der Waals surface area contributed by atoms with Crippen LogP contribution in [0.5, 0.6) is 0 Å². The van der Waals surface area contributed by atoms with Crippen LogP contribution in [-0.2, 0) is 11.2 Å². The largest absolute Gasteiger partial charge is 0.361 e. The van der Waals surface area contributed by atoms with Gasteiger partial charge in [0.1, 0.15) is 5.76 Å². The molecule has 1 amide bonds. The van der Waals surface area contributed by atoms with E-state index >= 15 is 0 Å². The Morgan fingerprint density at radius 2 is 2.00 bits per heavy atom. The number of aromatic nitrogens is 1. The molecular formula is C17H22N2O2. The minimum absolute atomic E-state index is 0.0901. The number of nitrogens with zero attached hydrogens (tertiary/aromatic N) is 2. The van der Waals surface area contributed by atoms with Crippen molar-refractivity contribution in [3.63, 3.8) is 0 Å². The average Bonchev–Trinajstić information content (AvgIpc) is 3.01. The van der Waals surface area contributed by atoms with Crippen molar-refractivity contribution in [2.45, 2.75) is 26.7 Å². The minimum atomic E-state index is 0.0901. The third-order valence-electron chi connectivity index (χ3n) is 3.60. The van der Waals surface area contributed by atoms with Gasteiger partial charge in [0, 0.05) is 32.0 Å². The lowest BCUT2D eigenvalue weighted by Gasteiger charge is -2.08. The lowest BCUT2D eigenvalue weighted by atomic mass is 10.0. The lowest BCUT2D eigenvalue weighted by molar-refractivity contribution is -0.129. The van der Waals surface area contributed by atoms with Gasteiger partial charge in [0.25, 0.3) is 0 Å². The van der Waals surface area contributed by atoms with Crippen LogP contribution in [0.1, 0.15) is 23.4 Å². The van der Waals surface area contributed by atoms with Crippen molar-refractivity contribution in [3.05, 3.63) is 53.4 Å². The number of likely N-dealkylation sites (tertiary alicyclic amines) is 1. The SMILES string of the molecule is Cc1cc(CC2CCN(C)C2=O)on1.Cc1ccccc1. The third kappa shape index (κ3) is 4.45. The van der Waals surface area contributed by atoms with E-state index in [2.05, 4.69) is 24.2 Å². The Kier molecular flexibility index (Phi) is 5.14. The predicted octanol–water partition coefficient (Wildman–Crippen LogP) is 3.00. The molecule has 0 spiro atoms. The predicted molar refractivity (Wildman–Crippen MR) is 81.9 cm³/mol. The van der Waals surface area contributed by atoms with Gasteiger partial charge in [-0.25, -0.2) is 0 Å². The second kappa shape index (κ2) is 7.07. The van der Waals surface area contributed by atoms with Crippen LogP contribution in [0, 0.1) is 19.8 Å². The maximum atomic E-state index is 11.6. The first-order valence-electron chi connectivity index (χ1n) is 7.25. The van der Waals surface area contributed by atoms with Gasteiger partial charge in [-0.05, 0) is 20.3 Å². The molecule has 1 saturated heterocycles. The lowest BCUT2D eigenvalue weighted by Crippen LogP contribution is -2.23. The van der Waals surface area contributed by atoms with Gasteiger partial charge in [0.05, 0.1) is 5.69 Å². The van der Waals surface area contributed by atoms with Crippen molar-refractivity contribution in [3.8, 4) is 0 Å². The summed E-state index contributed by atoms with van der Waals surface area (Å²) in [7, 11) is 1.84. The summed E-state index contributed by atoms with van der Waals surface area (Å²) in [6.07, 6.45) is 1.61. The Labute approximate surface area is 125 Å². The zero-order valence-electron chi connectivity index (χ0n) is 12.9. The van der Waals surface area contributed by atoms with Crippen molar-refractivity contribution in [1.29, 1.82) is 0 Å². The van der Waals surface area contributed by atoms with Gasteiger partial charge in [-0.1, -0.05) is 41.1 Å². The highest BCUT2D eigenvalue weighted by Gasteiger charge is 2.29. The maximum Gasteiger partial charge on any atom is 0.225 e. The van der Waals surface area contributed by atoms with Gasteiger partial charge in [-0.2, -0.15) is 0 Å². The first-order valence-corrected chi connectivity index (χ1v) is 7.25. The summed E-state index contributed by atoms with van der Waals surface area (Å²) < 4.78 is 5.09. The van der Waals surface area contributed by atoms with E-state index in [1.54, 1.807) is 4.90 Å². The molecule has 1 atom stereocenters. The maximum absolute atomic E-state index is 11.6. The molecule has 1 aliphatic heterocycles. The van der Waals surface area contributed by atoms with E-state index in [4.69, 9.17) is 4.52 Å². The second-order valence-electron chi connectivity index (χ2n) is 5.54. The molecule has 0 radical (unpaired) electrons. The molecule has 3 rings (SSSR count). The van der Waals surface area contributed by atoms with Crippen LogP contribution in [0.2, 0.25) is 0 Å². The first-order chi connectivity index (χ1) is 10.1. The molecule has 1 aromatic heterocycles. The summed E-state index contributed by atoms with van der Waals surface area (Å²) in [6.45, 7) is 4.83. The molecule has 2 heterocycles. The molecule has 0 aliphatic carbocycles. The van der Waals surface area contributed by atoms with Crippen molar-refractivity contribution in [2.75, 3.05) is 13.6 Å². The molecule has 4 heteroatoms. The van der Waals surface area contributed by atoms with E-state index in [0.717, 1.165) is 24.4 Å². The standard InChI is InChI=1S/C10H14N2O2.C7H8/c1-7-5-9(14-11-7)6-8-3-4-12(2)10(8)13;1-7-5-3-2-4-6-7/h5,8H,3-4,6H2,1-2H3;2-6H,1H3. The number of benzene rings is 1. The highest BCUT2D eigenvalue weighted by molar-refractivity contribution is 5.80. The quantitative estimate of drug-likeness (QED) is 0.852. The Balaban J connectivity index is 0.000000194. The van der Waals surface area contributed by atoms with E-state index in [0.29, 0.717) is 6.42 Å². The van der Waals surface area contributed by atoms with Crippen molar-refractivity contribution in [2.24, 2.45) is 5.92 Å². The third-order valence-corrected chi connectivity index (χ3v) is 3.60.